The molecule has 14 heavy (non-hydrogen) atoms. The Hall–Kier alpha value is 0.450. The van der Waals surface area contributed by atoms with Gasteiger partial charge >= 0.3 is 6.18 Å². The van der Waals surface area contributed by atoms with Crippen LogP contribution in [0.3, 0.4) is 0 Å². The highest BCUT2D eigenvalue weighted by atomic mass is 79.9. The summed E-state index contributed by atoms with van der Waals surface area (Å²) in [4.78, 5) is 0. The predicted octanol–water partition coefficient (Wildman–Crippen LogP) is 4.53. The van der Waals surface area contributed by atoms with Crippen molar-refractivity contribution in [3.8, 4) is 0 Å². The van der Waals surface area contributed by atoms with Crippen LogP contribution in [0.25, 0.3) is 0 Å². The second-order valence-corrected chi connectivity index (χ2v) is 2.28. The van der Waals surface area contributed by atoms with Gasteiger partial charge in [-0.05, 0) is 5.56 Å². The molecule has 0 radical (unpaired) electrons. The van der Waals surface area contributed by atoms with Gasteiger partial charge < -0.3 is 0 Å². The van der Waals surface area contributed by atoms with Crippen molar-refractivity contribution in [2.24, 2.45) is 0 Å². The fourth-order valence-corrected chi connectivity index (χ4v) is 0.827. The molecular formula is C8H10Br3F3. The van der Waals surface area contributed by atoms with Gasteiger partial charge in [0, 0.05) is 0 Å². The molecule has 0 bridgehead atoms. The minimum atomic E-state index is -4.10. The molecule has 0 saturated heterocycles. The number of hydrogen-bond donors (Lipinski definition) is 0. The van der Waals surface area contributed by atoms with Crippen LogP contribution in [0.1, 0.15) is 5.56 Å². The monoisotopic (exact) mass is 400 g/mol. The summed E-state index contributed by atoms with van der Waals surface area (Å²) in [5.74, 6) is 0. The normalized spacial score (nSPS) is 9.07. The minimum absolute atomic E-state index is 0. The maximum atomic E-state index is 11.7. The molecular weight excluding hydrogens is 393 g/mol. The zero-order valence-electron chi connectivity index (χ0n) is 6.95. The Labute approximate surface area is 112 Å². The van der Waals surface area contributed by atoms with Crippen molar-refractivity contribution in [2.75, 3.05) is 0 Å². The Balaban J connectivity index is -0.000000403. The van der Waals surface area contributed by atoms with Crippen LogP contribution in [0.15, 0.2) is 30.3 Å². The van der Waals surface area contributed by atoms with Crippen LogP contribution in [0, 0.1) is 0 Å². The Bertz CT molecular complexity index is 223. The fourth-order valence-electron chi connectivity index (χ4n) is 0.827. The summed E-state index contributed by atoms with van der Waals surface area (Å²) in [5.41, 5.74) is 0.306. The first kappa shape index (κ1) is 19.9. The molecule has 0 fully saturated rings. The minimum Gasteiger partial charge on any atom is -0.171 e. The highest BCUT2D eigenvalue weighted by molar-refractivity contribution is 8.93. The van der Waals surface area contributed by atoms with E-state index in [1.807, 2.05) is 0 Å². The van der Waals surface area contributed by atoms with E-state index in [9.17, 15) is 13.2 Å². The number of benzene rings is 1. The highest BCUT2D eigenvalue weighted by Gasteiger charge is 2.27. The van der Waals surface area contributed by atoms with Gasteiger partial charge in [0.25, 0.3) is 0 Å². The van der Waals surface area contributed by atoms with Crippen LogP contribution in [-0.2, 0) is 6.42 Å². The second-order valence-electron chi connectivity index (χ2n) is 2.28. The van der Waals surface area contributed by atoms with Crippen molar-refractivity contribution in [2.45, 2.75) is 12.6 Å². The molecule has 1 aromatic carbocycles. The van der Waals surface area contributed by atoms with Gasteiger partial charge in [-0.1, -0.05) is 30.3 Å². The molecule has 0 aromatic heterocycles. The standard InChI is InChI=1S/C8H7F3.3BrH/c9-8(10,11)6-7-4-2-1-3-5-7;;;/h1-5H,6H2;3*1H. The van der Waals surface area contributed by atoms with Crippen molar-refractivity contribution in [1.82, 2.24) is 0 Å². The van der Waals surface area contributed by atoms with Crippen molar-refractivity contribution in [3.63, 3.8) is 0 Å². The molecule has 0 nitrogen and oxygen atoms in total. The largest absolute Gasteiger partial charge is 0.393 e. The number of rotatable bonds is 1. The van der Waals surface area contributed by atoms with Crippen LogP contribution in [0.4, 0.5) is 13.2 Å². The summed E-state index contributed by atoms with van der Waals surface area (Å²) in [6, 6.07) is 7.82. The summed E-state index contributed by atoms with van der Waals surface area (Å²) in [6.07, 6.45) is -4.94. The molecule has 0 aliphatic rings. The molecule has 0 N–H and O–H groups in total. The molecule has 0 aliphatic heterocycles. The topological polar surface area (TPSA) is 0 Å². The maximum Gasteiger partial charge on any atom is 0.393 e. The van der Waals surface area contributed by atoms with E-state index in [0.29, 0.717) is 5.56 Å². The number of alkyl halides is 3. The van der Waals surface area contributed by atoms with E-state index in [0.717, 1.165) is 0 Å². The second kappa shape index (κ2) is 8.73. The van der Waals surface area contributed by atoms with Crippen LogP contribution in [0.5, 0.6) is 0 Å². The molecule has 0 amide bonds. The lowest BCUT2D eigenvalue weighted by molar-refractivity contribution is -0.127. The average Bonchev–Trinajstić information content (AvgIpc) is 1.85. The van der Waals surface area contributed by atoms with Crippen molar-refractivity contribution < 1.29 is 13.2 Å². The molecule has 0 atom stereocenters. The average molecular weight is 403 g/mol. The summed E-state index contributed by atoms with van der Waals surface area (Å²) in [7, 11) is 0. The zero-order valence-corrected chi connectivity index (χ0v) is 12.1. The first-order valence-corrected chi connectivity index (χ1v) is 3.18. The molecule has 0 spiro atoms. The molecule has 84 valence electrons. The third-order valence-corrected chi connectivity index (χ3v) is 1.25. The number of hydrogen-bond acceptors (Lipinski definition) is 0. The summed E-state index contributed by atoms with van der Waals surface area (Å²) >= 11 is 0. The Morgan fingerprint density at radius 3 is 1.64 bits per heavy atom. The first-order valence-electron chi connectivity index (χ1n) is 3.18. The molecule has 0 aliphatic carbocycles. The highest BCUT2D eigenvalue weighted by Crippen LogP contribution is 2.20. The van der Waals surface area contributed by atoms with Crippen LogP contribution in [-0.4, -0.2) is 6.18 Å². The van der Waals surface area contributed by atoms with Gasteiger partial charge in [0.1, 0.15) is 0 Å². The van der Waals surface area contributed by atoms with Gasteiger partial charge in [-0.3, -0.25) is 0 Å². The van der Waals surface area contributed by atoms with Crippen molar-refractivity contribution >= 4 is 50.9 Å². The molecule has 1 aromatic rings. The van der Waals surface area contributed by atoms with E-state index in [2.05, 4.69) is 0 Å². The van der Waals surface area contributed by atoms with E-state index >= 15 is 0 Å². The fraction of sp³-hybridized carbons (Fsp3) is 0.250. The van der Waals surface area contributed by atoms with Gasteiger partial charge in [-0.15, -0.1) is 50.9 Å². The summed E-state index contributed by atoms with van der Waals surface area (Å²) in [5, 5.41) is 0. The van der Waals surface area contributed by atoms with E-state index < -0.39 is 12.6 Å². The quantitative estimate of drug-likeness (QED) is 0.647. The van der Waals surface area contributed by atoms with Crippen molar-refractivity contribution in [3.05, 3.63) is 35.9 Å². The predicted molar refractivity (Wildman–Crippen MR) is 67.2 cm³/mol. The number of halogens is 6. The first-order chi connectivity index (χ1) is 5.08. The molecule has 0 heterocycles. The maximum absolute atomic E-state index is 11.7. The van der Waals surface area contributed by atoms with Crippen molar-refractivity contribution in [1.29, 1.82) is 0 Å². The molecule has 0 unspecified atom stereocenters. The van der Waals surface area contributed by atoms with E-state index in [4.69, 9.17) is 0 Å². The summed E-state index contributed by atoms with van der Waals surface area (Å²) < 4.78 is 35.2. The van der Waals surface area contributed by atoms with E-state index in [1.165, 1.54) is 12.1 Å². The SMILES string of the molecule is Br.Br.Br.FC(F)(F)Cc1ccccc1. The van der Waals surface area contributed by atoms with Gasteiger partial charge in [0.2, 0.25) is 0 Å². The van der Waals surface area contributed by atoms with Gasteiger partial charge in [-0.25, -0.2) is 0 Å². The van der Waals surface area contributed by atoms with Gasteiger partial charge in [-0.2, -0.15) is 13.2 Å². The van der Waals surface area contributed by atoms with Crippen LogP contribution >= 0.6 is 50.9 Å². The van der Waals surface area contributed by atoms with Gasteiger partial charge in [0.05, 0.1) is 6.42 Å². The lowest BCUT2D eigenvalue weighted by Gasteiger charge is -2.04. The molecule has 1 rings (SSSR count). The Morgan fingerprint density at radius 1 is 0.857 bits per heavy atom. The lowest BCUT2D eigenvalue weighted by Crippen LogP contribution is -2.11. The third-order valence-electron chi connectivity index (χ3n) is 1.25. The van der Waals surface area contributed by atoms with Crippen LogP contribution in [0.2, 0.25) is 0 Å². The zero-order chi connectivity index (χ0) is 8.32. The Kier molecular flexibility index (Phi) is 12.4. The van der Waals surface area contributed by atoms with Crippen LogP contribution < -0.4 is 0 Å². The van der Waals surface area contributed by atoms with E-state index in [-0.39, 0.29) is 50.9 Å². The van der Waals surface area contributed by atoms with Gasteiger partial charge in [0.15, 0.2) is 0 Å². The smallest absolute Gasteiger partial charge is 0.171 e. The lowest BCUT2D eigenvalue weighted by atomic mass is 10.1. The Morgan fingerprint density at radius 2 is 1.29 bits per heavy atom. The van der Waals surface area contributed by atoms with E-state index in [1.54, 1.807) is 18.2 Å². The summed E-state index contributed by atoms with van der Waals surface area (Å²) in [6.45, 7) is 0. The third kappa shape index (κ3) is 9.02. The molecule has 6 heteroatoms. The molecule has 0 saturated carbocycles.